The first-order chi connectivity index (χ1) is 11.3. The molecule has 0 atom stereocenters. The van der Waals surface area contributed by atoms with E-state index in [4.69, 9.17) is 19.6 Å². The minimum absolute atomic E-state index is 0.115. The minimum atomic E-state index is -0.115. The molecule has 2 heterocycles. The number of rotatable bonds is 5. The van der Waals surface area contributed by atoms with Crippen LogP contribution in [-0.4, -0.2) is 33.4 Å². The molecule has 7 nitrogen and oxygen atoms in total. The van der Waals surface area contributed by atoms with Gasteiger partial charge in [-0.1, -0.05) is 11.2 Å². The Balaban J connectivity index is 1.95. The van der Waals surface area contributed by atoms with Crippen molar-refractivity contribution in [2.45, 2.75) is 0 Å². The molecule has 1 N–H and O–H groups in total. The van der Waals surface area contributed by atoms with E-state index in [0.29, 0.717) is 28.4 Å². The standard InChI is InChI=1S/C16H12N4O3/c17-10-11-7-12(9-13(8-11)22-6-5-21)16-19-15(20-23-16)14-3-1-2-4-18-14/h1-4,7-9,21H,5-6H2. The number of aliphatic hydroxyl groups excluding tert-OH is 1. The van der Waals surface area contributed by atoms with Crippen molar-refractivity contribution in [2.75, 3.05) is 13.2 Å². The Morgan fingerprint density at radius 1 is 1.26 bits per heavy atom. The molecule has 0 fully saturated rings. The number of ether oxygens (including phenoxy) is 1. The van der Waals surface area contributed by atoms with E-state index in [1.165, 1.54) is 0 Å². The minimum Gasteiger partial charge on any atom is -0.491 e. The van der Waals surface area contributed by atoms with Crippen LogP contribution in [0.2, 0.25) is 0 Å². The number of aromatic nitrogens is 3. The van der Waals surface area contributed by atoms with Crippen LogP contribution in [0.4, 0.5) is 0 Å². The molecule has 0 spiro atoms. The van der Waals surface area contributed by atoms with E-state index in [9.17, 15) is 0 Å². The van der Waals surface area contributed by atoms with Gasteiger partial charge in [-0.15, -0.1) is 0 Å². The van der Waals surface area contributed by atoms with E-state index in [-0.39, 0.29) is 19.1 Å². The summed E-state index contributed by atoms with van der Waals surface area (Å²) in [5, 5.41) is 21.8. The van der Waals surface area contributed by atoms with Crippen molar-refractivity contribution in [3.8, 4) is 34.8 Å². The maximum absolute atomic E-state index is 9.11. The highest BCUT2D eigenvalue weighted by Crippen LogP contribution is 2.26. The molecule has 0 aliphatic heterocycles. The first kappa shape index (κ1) is 14.7. The molecular formula is C16H12N4O3. The van der Waals surface area contributed by atoms with E-state index >= 15 is 0 Å². The molecule has 0 amide bonds. The van der Waals surface area contributed by atoms with Gasteiger partial charge in [0.05, 0.1) is 18.2 Å². The largest absolute Gasteiger partial charge is 0.491 e. The molecule has 2 aromatic heterocycles. The van der Waals surface area contributed by atoms with Crippen LogP contribution < -0.4 is 4.74 Å². The lowest BCUT2D eigenvalue weighted by atomic mass is 10.1. The molecule has 0 aliphatic rings. The van der Waals surface area contributed by atoms with Crippen molar-refractivity contribution >= 4 is 0 Å². The van der Waals surface area contributed by atoms with Crippen LogP contribution in [0.5, 0.6) is 5.75 Å². The summed E-state index contributed by atoms with van der Waals surface area (Å²) in [6.07, 6.45) is 1.64. The number of aliphatic hydroxyl groups is 1. The molecule has 114 valence electrons. The second-order valence-corrected chi connectivity index (χ2v) is 4.57. The highest BCUT2D eigenvalue weighted by molar-refractivity contribution is 5.61. The molecule has 0 aliphatic carbocycles. The fourth-order valence-corrected chi connectivity index (χ4v) is 1.97. The molecule has 7 heteroatoms. The summed E-state index contributed by atoms with van der Waals surface area (Å²) in [5.74, 6) is 1.07. The van der Waals surface area contributed by atoms with Gasteiger partial charge in [0.2, 0.25) is 5.82 Å². The lowest BCUT2D eigenvalue weighted by Crippen LogP contribution is -2.02. The Labute approximate surface area is 131 Å². The number of benzene rings is 1. The van der Waals surface area contributed by atoms with Crippen molar-refractivity contribution in [2.24, 2.45) is 0 Å². The van der Waals surface area contributed by atoms with Crippen molar-refractivity contribution in [1.29, 1.82) is 5.26 Å². The highest BCUT2D eigenvalue weighted by atomic mass is 16.5. The van der Waals surface area contributed by atoms with Gasteiger partial charge in [-0.05, 0) is 30.3 Å². The summed E-state index contributed by atoms with van der Waals surface area (Å²) in [4.78, 5) is 8.45. The van der Waals surface area contributed by atoms with Crippen LogP contribution in [0.1, 0.15) is 5.56 Å². The van der Waals surface area contributed by atoms with E-state index in [1.54, 1.807) is 36.5 Å². The molecule has 0 bridgehead atoms. The number of nitrogens with zero attached hydrogens (tertiary/aromatic N) is 4. The highest BCUT2D eigenvalue weighted by Gasteiger charge is 2.13. The molecule has 0 unspecified atom stereocenters. The zero-order chi connectivity index (χ0) is 16.1. The topological polar surface area (TPSA) is 105 Å². The predicted molar refractivity (Wildman–Crippen MR) is 80.3 cm³/mol. The summed E-state index contributed by atoms with van der Waals surface area (Å²) >= 11 is 0. The van der Waals surface area contributed by atoms with Crippen molar-refractivity contribution in [1.82, 2.24) is 15.1 Å². The van der Waals surface area contributed by atoms with Crippen LogP contribution in [0, 0.1) is 11.3 Å². The molecule has 3 aromatic rings. The Morgan fingerprint density at radius 2 is 2.17 bits per heavy atom. The summed E-state index contributed by atoms with van der Waals surface area (Å²) < 4.78 is 10.6. The molecule has 23 heavy (non-hydrogen) atoms. The fourth-order valence-electron chi connectivity index (χ4n) is 1.97. The maximum atomic E-state index is 9.11. The maximum Gasteiger partial charge on any atom is 0.258 e. The zero-order valence-corrected chi connectivity index (χ0v) is 12.0. The molecule has 0 saturated heterocycles. The van der Waals surface area contributed by atoms with Gasteiger partial charge in [-0.3, -0.25) is 4.98 Å². The third kappa shape index (κ3) is 3.33. The van der Waals surface area contributed by atoms with Gasteiger partial charge in [0.25, 0.3) is 5.89 Å². The van der Waals surface area contributed by atoms with Gasteiger partial charge in [0.1, 0.15) is 18.1 Å². The molecule has 3 rings (SSSR count). The summed E-state index contributed by atoms with van der Waals surface area (Å²) in [7, 11) is 0. The fraction of sp³-hybridized carbons (Fsp3) is 0.125. The van der Waals surface area contributed by atoms with Gasteiger partial charge < -0.3 is 14.4 Å². The van der Waals surface area contributed by atoms with Crippen LogP contribution in [0.3, 0.4) is 0 Å². The lowest BCUT2D eigenvalue weighted by Gasteiger charge is -2.05. The van der Waals surface area contributed by atoms with Crippen molar-refractivity contribution in [3.63, 3.8) is 0 Å². The molecule has 0 saturated carbocycles. The van der Waals surface area contributed by atoms with E-state index in [2.05, 4.69) is 15.1 Å². The Morgan fingerprint density at radius 3 is 2.91 bits per heavy atom. The van der Waals surface area contributed by atoms with Gasteiger partial charge in [-0.2, -0.15) is 10.2 Å². The number of nitriles is 1. The van der Waals surface area contributed by atoms with Gasteiger partial charge >= 0.3 is 0 Å². The lowest BCUT2D eigenvalue weighted by molar-refractivity contribution is 0.201. The van der Waals surface area contributed by atoms with E-state index < -0.39 is 0 Å². The Hall–Kier alpha value is -3.24. The quantitative estimate of drug-likeness (QED) is 0.768. The average Bonchev–Trinajstić information content (AvgIpc) is 3.10. The van der Waals surface area contributed by atoms with Gasteiger partial charge in [0.15, 0.2) is 0 Å². The number of hydrogen-bond acceptors (Lipinski definition) is 7. The first-order valence-electron chi connectivity index (χ1n) is 6.84. The third-order valence-corrected chi connectivity index (χ3v) is 2.96. The zero-order valence-electron chi connectivity index (χ0n) is 12.0. The Kier molecular flexibility index (Phi) is 4.27. The van der Waals surface area contributed by atoms with Crippen LogP contribution in [-0.2, 0) is 0 Å². The number of hydrogen-bond donors (Lipinski definition) is 1. The Bertz CT molecular complexity index is 840. The molecule has 0 radical (unpaired) electrons. The van der Waals surface area contributed by atoms with E-state index in [0.717, 1.165) is 0 Å². The van der Waals surface area contributed by atoms with Gasteiger partial charge in [0, 0.05) is 11.8 Å². The predicted octanol–water partition coefficient (Wildman–Crippen LogP) is 2.04. The monoisotopic (exact) mass is 308 g/mol. The first-order valence-corrected chi connectivity index (χ1v) is 6.84. The summed E-state index contributed by atoms with van der Waals surface area (Å²) in [6.45, 7) is 0.0217. The normalized spacial score (nSPS) is 10.3. The molecular weight excluding hydrogens is 296 g/mol. The summed E-state index contributed by atoms with van der Waals surface area (Å²) in [5.41, 5.74) is 1.55. The third-order valence-electron chi connectivity index (χ3n) is 2.96. The summed E-state index contributed by atoms with van der Waals surface area (Å²) in [6, 6.07) is 12.3. The van der Waals surface area contributed by atoms with E-state index in [1.807, 2.05) is 12.1 Å². The number of pyridine rings is 1. The van der Waals surface area contributed by atoms with Crippen LogP contribution in [0.15, 0.2) is 47.1 Å². The smallest absolute Gasteiger partial charge is 0.258 e. The molecule has 1 aromatic carbocycles. The van der Waals surface area contributed by atoms with Crippen molar-refractivity contribution < 1.29 is 14.4 Å². The van der Waals surface area contributed by atoms with Crippen LogP contribution in [0.25, 0.3) is 23.0 Å². The second kappa shape index (κ2) is 6.68. The SMILES string of the molecule is N#Cc1cc(OCCO)cc(-c2nc(-c3ccccn3)no2)c1. The van der Waals surface area contributed by atoms with Gasteiger partial charge in [-0.25, -0.2) is 0 Å². The average molecular weight is 308 g/mol. The second-order valence-electron chi connectivity index (χ2n) is 4.57. The van der Waals surface area contributed by atoms with Crippen molar-refractivity contribution in [3.05, 3.63) is 48.2 Å². The van der Waals surface area contributed by atoms with Crippen LogP contribution >= 0.6 is 0 Å².